The second-order valence-corrected chi connectivity index (χ2v) is 6.54. The van der Waals surface area contributed by atoms with Crippen molar-refractivity contribution in [3.63, 3.8) is 0 Å². The van der Waals surface area contributed by atoms with Crippen LogP contribution in [0.1, 0.15) is 30.5 Å². The molecule has 0 aliphatic heterocycles. The monoisotopic (exact) mass is 365 g/mol. The fourth-order valence-electron chi connectivity index (χ4n) is 2.48. The van der Waals surface area contributed by atoms with Gasteiger partial charge >= 0.3 is 0 Å². The Bertz CT molecular complexity index is 701. The maximum Gasteiger partial charge on any atom is 0.223 e. The minimum Gasteiger partial charge on any atom is -0.497 e. The van der Waals surface area contributed by atoms with Gasteiger partial charge in [0.15, 0.2) is 0 Å². The molecule has 128 valence electrons. The summed E-state index contributed by atoms with van der Waals surface area (Å²) in [7, 11) is 3.43. The molecule has 0 heterocycles. The first kappa shape index (κ1) is 18.6. The molecule has 0 aliphatic rings. The smallest absolute Gasteiger partial charge is 0.223 e. The summed E-state index contributed by atoms with van der Waals surface area (Å²) in [4.78, 5) is 14.2. The molecule has 2 aromatic rings. The van der Waals surface area contributed by atoms with Crippen molar-refractivity contribution in [1.82, 2.24) is 4.90 Å². The van der Waals surface area contributed by atoms with E-state index in [1.54, 1.807) is 31.2 Å². The molecule has 0 saturated carbocycles. The molecule has 2 rings (SSSR count). The lowest BCUT2D eigenvalue weighted by Crippen LogP contribution is -2.30. The van der Waals surface area contributed by atoms with Crippen LogP contribution in [0.3, 0.4) is 0 Å². The van der Waals surface area contributed by atoms with Crippen molar-refractivity contribution in [1.29, 1.82) is 0 Å². The van der Waals surface area contributed by atoms with E-state index in [4.69, 9.17) is 27.9 Å². The van der Waals surface area contributed by atoms with E-state index in [1.165, 1.54) is 0 Å². The number of hydrogen-bond acceptors (Lipinski definition) is 2. The van der Waals surface area contributed by atoms with Gasteiger partial charge in [-0.05, 0) is 48.7 Å². The van der Waals surface area contributed by atoms with Crippen molar-refractivity contribution in [2.45, 2.75) is 25.8 Å². The molecule has 1 amide bonds. The predicted octanol–water partition coefficient (Wildman–Crippen LogP) is 5.15. The van der Waals surface area contributed by atoms with E-state index >= 15 is 0 Å². The molecule has 0 bridgehead atoms. The zero-order chi connectivity index (χ0) is 17.7. The number of amides is 1. The molecular formula is C19H21Cl2NO2. The van der Waals surface area contributed by atoms with Gasteiger partial charge in [-0.3, -0.25) is 4.79 Å². The first-order valence-corrected chi connectivity index (χ1v) is 8.51. The van der Waals surface area contributed by atoms with Crippen LogP contribution in [0.4, 0.5) is 0 Å². The Morgan fingerprint density at radius 2 is 1.83 bits per heavy atom. The second kappa shape index (κ2) is 8.41. The molecule has 0 saturated heterocycles. The third-order valence-corrected chi connectivity index (χ3v) is 4.74. The molecule has 3 nitrogen and oxygen atoms in total. The van der Waals surface area contributed by atoms with E-state index < -0.39 is 0 Å². The summed E-state index contributed by atoms with van der Waals surface area (Å²) in [5, 5.41) is 1.16. The van der Waals surface area contributed by atoms with Crippen LogP contribution in [0.25, 0.3) is 0 Å². The molecule has 0 aliphatic carbocycles. The zero-order valence-corrected chi connectivity index (χ0v) is 15.6. The molecule has 1 atom stereocenters. The maximum atomic E-state index is 12.5. The standard InChI is InChI=1S/C19H21Cl2NO2/c1-13(17-10-7-15(20)12-18(17)21)22(2)19(23)11-6-14-4-8-16(24-3)9-5-14/h4-5,7-10,12-13H,6,11H2,1-3H3. The first-order valence-electron chi connectivity index (χ1n) is 7.76. The number of carbonyl (C=O) groups excluding carboxylic acids is 1. The molecular weight excluding hydrogens is 345 g/mol. The molecule has 2 aromatic carbocycles. The van der Waals surface area contributed by atoms with Crippen molar-refractivity contribution in [2.24, 2.45) is 0 Å². The number of nitrogens with zero attached hydrogens (tertiary/aromatic N) is 1. The van der Waals surface area contributed by atoms with Crippen LogP contribution < -0.4 is 4.74 Å². The topological polar surface area (TPSA) is 29.5 Å². The number of methoxy groups -OCH3 is 1. The van der Waals surface area contributed by atoms with Gasteiger partial charge in [-0.25, -0.2) is 0 Å². The van der Waals surface area contributed by atoms with Crippen LogP contribution >= 0.6 is 23.2 Å². The van der Waals surface area contributed by atoms with E-state index in [0.717, 1.165) is 16.9 Å². The Labute approximate surface area is 153 Å². The summed E-state index contributed by atoms with van der Waals surface area (Å²) in [6, 6.07) is 13.0. The van der Waals surface area contributed by atoms with Gasteiger partial charge in [-0.1, -0.05) is 41.4 Å². The summed E-state index contributed by atoms with van der Waals surface area (Å²) in [6.45, 7) is 1.96. The van der Waals surface area contributed by atoms with E-state index in [-0.39, 0.29) is 11.9 Å². The van der Waals surface area contributed by atoms with Crippen LogP contribution in [0.2, 0.25) is 10.0 Å². The van der Waals surface area contributed by atoms with Crippen molar-refractivity contribution in [3.8, 4) is 5.75 Å². The van der Waals surface area contributed by atoms with Crippen molar-refractivity contribution in [2.75, 3.05) is 14.2 Å². The van der Waals surface area contributed by atoms with E-state index in [2.05, 4.69) is 0 Å². The highest BCUT2D eigenvalue weighted by Gasteiger charge is 2.19. The fraction of sp³-hybridized carbons (Fsp3) is 0.316. The van der Waals surface area contributed by atoms with Crippen LogP contribution in [-0.4, -0.2) is 25.0 Å². The number of carbonyl (C=O) groups is 1. The molecule has 0 aromatic heterocycles. The highest BCUT2D eigenvalue weighted by molar-refractivity contribution is 6.35. The molecule has 0 spiro atoms. The van der Waals surface area contributed by atoms with E-state index in [9.17, 15) is 4.79 Å². The van der Waals surface area contributed by atoms with E-state index in [1.807, 2.05) is 37.3 Å². The summed E-state index contributed by atoms with van der Waals surface area (Å²) < 4.78 is 5.14. The van der Waals surface area contributed by atoms with Gasteiger partial charge in [0, 0.05) is 23.5 Å². The Morgan fingerprint density at radius 1 is 1.17 bits per heavy atom. The average molecular weight is 366 g/mol. The maximum absolute atomic E-state index is 12.5. The number of halogens is 2. The van der Waals surface area contributed by atoms with Gasteiger partial charge in [0.2, 0.25) is 5.91 Å². The molecule has 0 N–H and O–H groups in total. The largest absolute Gasteiger partial charge is 0.497 e. The predicted molar refractivity (Wildman–Crippen MR) is 99.0 cm³/mol. The van der Waals surface area contributed by atoms with Crippen LogP contribution in [-0.2, 0) is 11.2 Å². The lowest BCUT2D eigenvalue weighted by molar-refractivity contribution is -0.131. The van der Waals surface area contributed by atoms with Gasteiger partial charge in [-0.15, -0.1) is 0 Å². The number of rotatable bonds is 6. The summed E-state index contributed by atoms with van der Waals surface area (Å²) >= 11 is 12.2. The van der Waals surface area contributed by atoms with Gasteiger partial charge in [-0.2, -0.15) is 0 Å². The third kappa shape index (κ3) is 4.65. The molecule has 24 heavy (non-hydrogen) atoms. The number of ether oxygens (including phenoxy) is 1. The Hall–Kier alpha value is -1.71. The van der Waals surface area contributed by atoms with Crippen LogP contribution in [0, 0.1) is 0 Å². The highest BCUT2D eigenvalue weighted by Crippen LogP contribution is 2.29. The van der Waals surface area contributed by atoms with Crippen molar-refractivity contribution >= 4 is 29.1 Å². The average Bonchev–Trinajstić information content (AvgIpc) is 2.59. The van der Waals surface area contributed by atoms with E-state index in [0.29, 0.717) is 22.9 Å². The van der Waals surface area contributed by atoms with Gasteiger partial charge in [0.25, 0.3) is 0 Å². The Kier molecular flexibility index (Phi) is 6.52. The second-order valence-electron chi connectivity index (χ2n) is 5.69. The number of hydrogen-bond donors (Lipinski definition) is 0. The van der Waals surface area contributed by atoms with Gasteiger partial charge < -0.3 is 9.64 Å². The van der Waals surface area contributed by atoms with Crippen LogP contribution in [0.15, 0.2) is 42.5 Å². The normalized spacial score (nSPS) is 11.9. The highest BCUT2D eigenvalue weighted by atomic mass is 35.5. The van der Waals surface area contributed by atoms with Crippen molar-refractivity contribution in [3.05, 3.63) is 63.6 Å². The lowest BCUT2D eigenvalue weighted by Gasteiger charge is -2.26. The van der Waals surface area contributed by atoms with Crippen molar-refractivity contribution < 1.29 is 9.53 Å². The Balaban J connectivity index is 1.97. The molecule has 0 radical (unpaired) electrons. The summed E-state index contributed by atoms with van der Waals surface area (Å²) in [6.07, 6.45) is 1.13. The molecule has 1 unspecified atom stereocenters. The van der Waals surface area contributed by atoms with Crippen LogP contribution in [0.5, 0.6) is 5.75 Å². The fourth-order valence-corrected chi connectivity index (χ4v) is 3.05. The number of aryl methyl sites for hydroxylation is 1. The number of benzene rings is 2. The van der Waals surface area contributed by atoms with Gasteiger partial charge in [0.1, 0.15) is 5.75 Å². The molecule has 0 fully saturated rings. The quantitative estimate of drug-likeness (QED) is 0.707. The SMILES string of the molecule is COc1ccc(CCC(=O)N(C)C(C)c2ccc(Cl)cc2Cl)cc1. The summed E-state index contributed by atoms with van der Waals surface area (Å²) in [5.41, 5.74) is 2.00. The Morgan fingerprint density at radius 3 is 2.42 bits per heavy atom. The van der Waals surface area contributed by atoms with Gasteiger partial charge in [0.05, 0.1) is 13.2 Å². The summed E-state index contributed by atoms with van der Waals surface area (Å²) in [5.74, 6) is 0.887. The third-order valence-electron chi connectivity index (χ3n) is 4.17. The first-order chi connectivity index (χ1) is 11.4. The lowest BCUT2D eigenvalue weighted by atomic mass is 10.1. The minimum absolute atomic E-state index is 0.0735. The zero-order valence-electron chi connectivity index (χ0n) is 14.1. The molecule has 5 heteroatoms. The minimum atomic E-state index is -0.113.